The second-order valence-electron chi connectivity index (χ2n) is 9.22. The molecule has 1 aromatic heterocycles. The molecular formula is C27H32N6O6. The van der Waals surface area contributed by atoms with Gasteiger partial charge in [0, 0.05) is 23.5 Å². The number of para-hydroxylation sites is 1. The zero-order chi connectivity index (χ0) is 28.5. The Kier molecular flexibility index (Phi) is 9.76. The molecule has 4 unspecified atom stereocenters. The van der Waals surface area contributed by atoms with E-state index in [1.54, 1.807) is 30.5 Å². The van der Waals surface area contributed by atoms with Crippen molar-refractivity contribution in [2.24, 2.45) is 11.5 Å². The monoisotopic (exact) mass is 536 g/mol. The van der Waals surface area contributed by atoms with Crippen LogP contribution in [0.5, 0.6) is 0 Å². The third-order valence-corrected chi connectivity index (χ3v) is 6.14. The van der Waals surface area contributed by atoms with Crippen LogP contribution in [-0.2, 0) is 36.8 Å². The molecule has 0 fully saturated rings. The van der Waals surface area contributed by atoms with Gasteiger partial charge >= 0.3 is 5.97 Å². The molecule has 0 bridgehead atoms. The average Bonchev–Trinajstić information content (AvgIpc) is 3.30. The second kappa shape index (κ2) is 13.2. The highest BCUT2D eigenvalue weighted by Crippen LogP contribution is 2.19. The van der Waals surface area contributed by atoms with Crippen LogP contribution in [-0.4, -0.2) is 63.9 Å². The van der Waals surface area contributed by atoms with E-state index in [-0.39, 0.29) is 12.8 Å². The lowest BCUT2D eigenvalue weighted by molar-refractivity contribution is -0.143. The second-order valence-corrected chi connectivity index (χ2v) is 9.22. The lowest BCUT2D eigenvalue weighted by Crippen LogP contribution is -2.57. The van der Waals surface area contributed by atoms with Gasteiger partial charge in [-0.1, -0.05) is 48.5 Å². The molecule has 206 valence electrons. The Morgan fingerprint density at radius 2 is 1.49 bits per heavy atom. The van der Waals surface area contributed by atoms with Crippen LogP contribution < -0.4 is 27.4 Å². The van der Waals surface area contributed by atoms with E-state index in [0.717, 1.165) is 22.0 Å². The number of hydrogen-bond donors (Lipinski definition) is 7. The molecule has 4 atom stereocenters. The fourth-order valence-electron chi connectivity index (χ4n) is 4.05. The largest absolute Gasteiger partial charge is 0.480 e. The number of fused-ring (bicyclic) bond motifs is 1. The SMILES string of the molecule is CC(NC(=O)C(Cc1ccccc1)NC(=O)C(N)Cc1c[nH]c2ccccc12)C(=O)NC(CC(N)=O)C(=O)O. The first-order valence-corrected chi connectivity index (χ1v) is 12.3. The van der Waals surface area contributed by atoms with Crippen molar-refractivity contribution in [1.29, 1.82) is 0 Å². The fourth-order valence-corrected chi connectivity index (χ4v) is 4.05. The van der Waals surface area contributed by atoms with Crippen LogP contribution in [0.4, 0.5) is 0 Å². The van der Waals surface area contributed by atoms with Crippen molar-refractivity contribution in [3.8, 4) is 0 Å². The molecule has 0 saturated carbocycles. The van der Waals surface area contributed by atoms with Gasteiger partial charge in [-0.25, -0.2) is 4.79 Å². The van der Waals surface area contributed by atoms with E-state index in [1.165, 1.54) is 6.92 Å². The van der Waals surface area contributed by atoms with E-state index in [1.807, 2.05) is 30.3 Å². The lowest BCUT2D eigenvalue weighted by atomic mass is 10.0. The molecule has 39 heavy (non-hydrogen) atoms. The number of rotatable bonds is 13. The maximum absolute atomic E-state index is 13.2. The molecular weight excluding hydrogens is 504 g/mol. The number of aromatic nitrogens is 1. The number of amides is 4. The Labute approximate surface area is 224 Å². The van der Waals surface area contributed by atoms with Crippen molar-refractivity contribution in [3.05, 3.63) is 71.9 Å². The van der Waals surface area contributed by atoms with Crippen LogP contribution in [0.1, 0.15) is 24.5 Å². The zero-order valence-corrected chi connectivity index (χ0v) is 21.3. The summed E-state index contributed by atoms with van der Waals surface area (Å²) in [5, 5.41) is 17.5. The van der Waals surface area contributed by atoms with Gasteiger partial charge in [0.05, 0.1) is 12.5 Å². The topological polar surface area (TPSA) is 209 Å². The van der Waals surface area contributed by atoms with E-state index < -0.39 is 60.2 Å². The average molecular weight is 537 g/mol. The van der Waals surface area contributed by atoms with Gasteiger partial charge in [0.1, 0.15) is 18.1 Å². The Bertz CT molecular complexity index is 1340. The summed E-state index contributed by atoms with van der Waals surface area (Å²) in [4.78, 5) is 64.3. The first-order chi connectivity index (χ1) is 18.5. The zero-order valence-electron chi connectivity index (χ0n) is 21.3. The molecule has 0 radical (unpaired) electrons. The van der Waals surface area contributed by atoms with Crippen molar-refractivity contribution in [3.63, 3.8) is 0 Å². The van der Waals surface area contributed by atoms with E-state index in [4.69, 9.17) is 11.5 Å². The van der Waals surface area contributed by atoms with E-state index >= 15 is 0 Å². The molecule has 4 amide bonds. The number of aromatic amines is 1. The van der Waals surface area contributed by atoms with Crippen molar-refractivity contribution in [1.82, 2.24) is 20.9 Å². The van der Waals surface area contributed by atoms with Crippen LogP contribution in [0.2, 0.25) is 0 Å². The molecule has 0 aliphatic carbocycles. The summed E-state index contributed by atoms with van der Waals surface area (Å²) in [6, 6.07) is 11.8. The number of H-pyrrole nitrogens is 1. The predicted octanol–water partition coefficient (Wildman–Crippen LogP) is -0.285. The highest BCUT2D eigenvalue weighted by molar-refractivity contribution is 5.95. The number of carbonyl (C=O) groups excluding carboxylic acids is 4. The number of hydrogen-bond acceptors (Lipinski definition) is 6. The predicted molar refractivity (Wildman–Crippen MR) is 143 cm³/mol. The Hall–Kier alpha value is -4.71. The standard InChI is InChI=1S/C27H32N6O6/c1-15(24(35)33-22(27(38)39)13-23(29)34)31-26(37)21(11-16-7-3-2-4-8-16)32-25(36)19(28)12-17-14-30-20-10-6-5-9-18(17)20/h2-10,14-15,19,21-22,30H,11-13,28H2,1H3,(H2,29,34)(H,31,37)(H,32,36)(H,33,35)(H,38,39). The van der Waals surface area contributed by atoms with Crippen molar-refractivity contribution in [2.75, 3.05) is 0 Å². The minimum atomic E-state index is -1.54. The normalized spacial score (nSPS) is 14.0. The van der Waals surface area contributed by atoms with Crippen molar-refractivity contribution >= 4 is 40.5 Å². The van der Waals surface area contributed by atoms with Crippen LogP contribution in [0.25, 0.3) is 10.9 Å². The molecule has 0 aliphatic rings. The van der Waals surface area contributed by atoms with Gasteiger partial charge in [0.2, 0.25) is 23.6 Å². The quantitative estimate of drug-likeness (QED) is 0.155. The summed E-state index contributed by atoms with van der Waals surface area (Å²) >= 11 is 0. The first-order valence-electron chi connectivity index (χ1n) is 12.3. The van der Waals surface area contributed by atoms with Crippen LogP contribution in [0.3, 0.4) is 0 Å². The Morgan fingerprint density at radius 3 is 2.15 bits per heavy atom. The maximum atomic E-state index is 13.2. The maximum Gasteiger partial charge on any atom is 0.326 e. The summed E-state index contributed by atoms with van der Waals surface area (Å²) in [6.45, 7) is 1.35. The highest BCUT2D eigenvalue weighted by atomic mass is 16.4. The summed E-state index contributed by atoms with van der Waals surface area (Å²) in [5.74, 6) is -4.41. The van der Waals surface area contributed by atoms with Crippen LogP contribution >= 0.6 is 0 Å². The number of aliphatic carboxylic acids is 1. The molecule has 1 heterocycles. The van der Waals surface area contributed by atoms with E-state index in [0.29, 0.717) is 0 Å². The fraction of sp³-hybridized carbons (Fsp3) is 0.296. The molecule has 3 rings (SSSR count). The number of carbonyl (C=O) groups is 5. The summed E-state index contributed by atoms with van der Waals surface area (Å²) in [6.07, 6.45) is 1.52. The molecule has 12 heteroatoms. The van der Waals surface area contributed by atoms with Gasteiger partial charge in [-0.05, 0) is 30.5 Å². The van der Waals surface area contributed by atoms with Crippen LogP contribution in [0.15, 0.2) is 60.8 Å². The smallest absolute Gasteiger partial charge is 0.326 e. The number of primary amides is 1. The molecule has 0 saturated heterocycles. The number of carboxylic acid groups (broad SMARTS) is 1. The van der Waals surface area contributed by atoms with Crippen molar-refractivity contribution in [2.45, 2.75) is 50.4 Å². The lowest BCUT2D eigenvalue weighted by Gasteiger charge is -2.23. The third-order valence-electron chi connectivity index (χ3n) is 6.14. The van der Waals surface area contributed by atoms with E-state index in [9.17, 15) is 29.1 Å². The van der Waals surface area contributed by atoms with Gasteiger partial charge in [-0.3, -0.25) is 19.2 Å². The number of carboxylic acids is 1. The summed E-state index contributed by atoms with van der Waals surface area (Å²) < 4.78 is 0. The van der Waals surface area contributed by atoms with Gasteiger partial charge in [-0.15, -0.1) is 0 Å². The summed E-state index contributed by atoms with van der Waals surface area (Å²) in [5.41, 5.74) is 13.8. The number of benzene rings is 2. The summed E-state index contributed by atoms with van der Waals surface area (Å²) in [7, 11) is 0. The minimum Gasteiger partial charge on any atom is -0.480 e. The van der Waals surface area contributed by atoms with Gasteiger partial charge in [0.15, 0.2) is 0 Å². The molecule has 9 N–H and O–H groups in total. The third kappa shape index (κ3) is 8.14. The number of nitrogens with two attached hydrogens (primary N) is 2. The molecule has 12 nitrogen and oxygen atoms in total. The number of nitrogens with one attached hydrogen (secondary N) is 4. The molecule has 3 aromatic rings. The van der Waals surface area contributed by atoms with Crippen LogP contribution in [0, 0.1) is 0 Å². The molecule has 0 aliphatic heterocycles. The van der Waals surface area contributed by atoms with Gasteiger partial charge < -0.3 is 37.5 Å². The minimum absolute atomic E-state index is 0.117. The van der Waals surface area contributed by atoms with E-state index in [2.05, 4.69) is 20.9 Å². The first kappa shape index (κ1) is 28.9. The van der Waals surface area contributed by atoms with Gasteiger partial charge in [0.25, 0.3) is 0 Å². The highest BCUT2D eigenvalue weighted by Gasteiger charge is 2.29. The van der Waals surface area contributed by atoms with Crippen molar-refractivity contribution < 1.29 is 29.1 Å². The Morgan fingerprint density at radius 1 is 0.846 bits per heavy atom. The van der Waals surface area contributed by atoms with Gasteiger partial charge in [-0.2, -0.15) is 0 Å². The Balaban J connectivity index is 1.69. The molecule has 2 aromatic carbocycles. The molecule has 0 spiro atoms.